The Hall–Kier alpha value is -2.61. The van der Waals surface area contributed by atoms with Gasteiger partial charge in [-0.05, 0) is 67.6 Å². The van der Waals surface area contributed by atoms with Crippen molar-refractivity contribution in [3.8, 4) is 6.07 Å². The number of nitrogens with two attached hydrogens (primary N) is 1. The Labute approximate surface area is 200 Å². The largest absolute Gasteiger partial charge is 0.398 e. The lowest BCUT2D eigenvalue weighted by Gasteiger charge is -2.30. The van der Waals surface area contributed by atoms with Crippen molar-refractivity contribution in [2.24, 2.45) is 0 Å². The van der Waals surface area contributed by atoms with E-state index in [1.807, 2.05) is 6.07 Å². The highest BCUT2D eigenvalue weighted by Gasteiger charge is 2.30. The number of nitrogens with zero attached hydrogens (tertiary/aromatic N) is 3. The SMILES string of the molecule is CCCC(CCC)Nc1nc(CC)nc2c1CCC(c1c([C@@H](C)CC)ccc(N)c1C#N)C2. The summed E-state index contributed by atoms with van der Waals surface area (Å²) >= 11 is 0. The van der Waals surface area contributed by atoms with E-state index in [0.29, 0.717) is 23.2 Å². The van der Waals surface area contributed by atoms with Crippen LogP contribution < -0.4 is 11.1 Å². The molecule has 2 aromatic rings. The van der Waals surface area contributed by atoms with Gasteiger partial charge in [-0.1, -0.05) is 53.5 Å². The van der Waals surface area contributed by atoms with E-state index >= 15 is 0 Å². The smallest absolute Gasteiger partial charge is 0.133 e. The van der Waals surface area contributed by atoms with Gasteiger partial charge in [0.05, 0.1) is 11.3 Å². The van der Waals surface area contributed by atoms with Crippen LogP contribution in [-0.2, 0) is 19.3 Å². The molecule has 1 aromatic heterocycles. The Morgan fingerprint density at radius 2 is 1.88 bits per heavy atom. The van der Waals surface area contributed by atoms with Gasteiger partial charge in [-0.15, -0.1) is 0 Å². The number of benzene rings is 1. The number of rotatable bonds is 10. The molecule has 0 spiro atoms. The molecule has 0 aliphatic heterocycles. The van der Waals surface area contributed by atoms with Gasteiger partial charge in [-0.25, -0.2) is 9.97 Å². The first-order chi connectivity index (χ1) is 16.0. The van der Waals surface area contributed by atoms with E-state index in [-0.39, 0.29) is 5.92 Å². The summed E-state index contributed by atoms with van der Waals surface area (Å²) in [5, 5.41) is 13.8. The molecule has 0 amide bonds. The van der Waals surface area contributed by atoms with Crippen LogP contribution in [-0.4, -0.2) is 16.0 Å². The van der Waals surface area contributed by atoms with Gasteiger partial charge in [0.15, 0.2) is 0 Å². The number of nitriles is 1. The third kappa shape index (κ3) is 5.49. The van der Waals surface area contributed by atoms with E-state index in [2.05, 4.69) is 52.1 Å². The molecular formula is C28H41N5. The lowest BCUT2D eigenvalue weighted by atomic mass is 9.76. The third-order valence-corrected chi connectivity index (χ3v) is 7.23. The second-order valence-corrected chi connectivity index (χ2v) is 9.58. The third-order valence-electron chi connectivity index (χ3n) is 7.23. The molecule has 1 aliphatic carbocycles. The predicted octanol–water partition coefficient (Wildman–Crippen LogP) is 6.66. The van der Waals surface area contributed by atoms with Crippen LogP contribution in [0.5, 0.6) is 0 Å². The van der Waals surface area contributed by atoms with Gasteiger partial charge in [-0.2, -0.15) is 5.26 Å². The Morgan fingerprint density at radius 1 is 1.15 bits per heavy atom. The van der Waals surface area contributed by atoms with Crippen LogP contribution in [0.1, 0.15) is 119 Å². The molecule has 1 unspecified atom stereocenters. The molecule has 3 rings (SSSR count). The molecule has 2 atom stereocenters. The van der Waals surface area contributed by atoms with Crippen LogP contribution in [0.15, 0.2) is 12.1 Å². The van der Waals surface area contributed by atoms with Gasteiger partial charge >= 0.3 is 0 Å². The Bertz CT molecular complexity index is 985. The van der Waals surface area contributed by atoms with Crippen molar-refractivity contribution < 1.29 is 0 Å². The first kappa shape index (κ1) is 25.0. The molecule has 0 fully saturated rings. The Morgan fingerprint density at radius 3 is 2.48 bits per heavy atom. The van der Waals surface area contributed by atoms with Crippen LogP contribution in [0, 0.1) is 11.3 Å². The van der Waals surface area contributed by atoms with Crippen molar-refractivity contribution in [1.29, 1.82) is 5.26 Å². The molecule has 1 heterocycles. The Balaban J connectivity index is 2.02. The molecule has 1 aromatic carbocycles. The zero-order chi connectivity index (χ0) is 24.0. The number of hydrogen-bond acceptors (Lipinski definition) is 5. The molecule has 0 bridgehead atoms. The summed E-state index contributed by atoms with van der Waals surface area (Å²) in [4.78, 5) is 9.89. The van der Waals surface area contributed by atoms with Crippen LogP contribution in [0.3, 0.4) is 0 Å². The topological polar surface area (TPSA) is 87.6 Å². The van der Waals surface area contributed by atoms with Crippen LogP contribution in [0.25, 0.3) is 0 Å². The maximum absolute atomic E-state index is 9.96. The molecule has 33 heavy (non-hydrogen) atoms. The number of hydrogen-bond donors (Lipinski definition) is 2. The van der Waals surface area contributed by atoms with Gasteiger partial charge in [-0.3, -0.25) is 0 Å². The molecule has 0 saturated heterocycles. The van der Waals surface area contributed by atoms with Crippen LogP contribution >= 0.6 is 0 Å². The van der Waals surface area contributed by atoms with Gasteiger partial charge in [0.1, 0.15) is 17.7 Å². The molecule has 1 aliphatic rings. The first-order valence-electron chi connectivity index (χ1n) is 12.9. The maximum atomic E-state index is 9.96. The number of anilines is 2. The lowest BCUT2D eigenvalue weighted by Crippen LogP contribution is -2.25. The fourth-order valence-corrected chi connectivity index (χ4v) is 5.24. The molecule has 5 heteroatoms. The van der Waals surface area contributed by atoms with Gasteiger partial charge < -0.3 is 11.1 Å². The van der Waals surface area contributed by atoms with E-state index in [9.17, 15) is 5.26 Å². The van der Waals surface area contributed by atoms with E-state index in [4.69, 9.17) is 15.7 Å². The first-order valence-corrected chi connectivity index (χ1v) is 12.9. The highest BCUT2D eigenvalue weighted by molar-refractivity contribution is 5.62. The van der Waals surface area contributed by atoms with E-state index in [1.54, 1.807) is 0 Å². The fraction of sp³-hybridized carbons (Fsp3) is 0.607. The van der Waals surface area contributed by atoms with Crippen LogP contribution in [0.4, 0.5) is 11.5 Å². The molecule has 5 nitrogen and oxygen atoms in total. The summed E-state index contributed by atoms with van der Waals surface area (Å²) in [6, 6.07) is 6.92. The summed E-state index contributed by atoms with van der Waals surface area (Å²) in [6.45, 7) is 11.1. The summed E-state index contributed by atoms with van der Waals surface area (Å²) in [7, 11) is 0. The minimum Gasteiger partial charge on any atom is -0.398 e. The number of nitrogen functional groups attached to an aromatic ring is 1. The molecule has 178 valence electrons. The van der Waals surface area contributed by atoms with Crippen molar-refractivity contribution >= 4 is 11.5 Å². The van der Waals surface area contributed by atoms with Crippen molar-refractivity contribution in [3.05, 3.63) is 45.9 Å². The average Bonchev–Trinajstić information content (AvgIpc) is 2.83. The fourth-order valence-electron chi connectivity index (χ4n) is 5.24. The predicted molar refractivity (Wildman–Crippen MR) is 138 cm³/mol. The average molecular weight is 448 g/mol. The molecular weight excluding hydrogens is 406 g/mol. The quantitative estimate of drug-likeness (QED) is 0.398. The summed E-state index contributed by atoms with van der Waals surface area (Å²) in [5.74, 6) is 2.59. The van der Waals surface area contributed by atoms with Crippen LogP contribution in [0.2, 0.25) is 0 Å². The highest BCUT2D eigenvalue weighted by Crippen LogP contribution is 2.41. The zero-order valence-electron chi connectivity index (χ0n) is 21.2. The summed E-state index contributed by atoms with van der Waals surface area (Å²) in [5.41, 5.74) is 12.4. The van der Waals surface area contributed by atoms with Crippen molar-refractivity contribution in [2.75, 3.05) is 11.1 Å². The summed E-state index contributed by atoms with van der Waals surface area (Å²) < 4.78 is 0. The Kier molecular flexibility index (Phi) is 8.72. The number of fused-ring (bicyclic) bond motifs is 1. The monoisotopic (exact) mass is 447 g/mol. The normalized spacial score (nSPS) is 16.3. The van der Waals surface area contributed by atoms with Gasteiger partial charge in [0, 0.05) is 23.7 Å². The van der Waals surface area contributed by atoms with E-state index < -0.39 is 0 Å². The van der Waals surface area contributed by atoms with Crippen molar-refractivity contribution in [3.63, 3.8) is 0 Å². The van der Waals surface area contributed by atoms with Gasteiger partial charge in [0.2, 0.25) is 0 Å². The molecule has 3 N–H and O–H groups in total. The minimum atomic E-state index is 0.259. The number of aryl methyl sites for hydroxylation is 1. The number of aromatic nitrogens is 2. The second-order valence-electron chi connectivity index (χ2n) is 9.58. The zero-order valence-corrected chi connectivity index (χ0v) is 21.2. The molecule has 0 radical (unpaired) electrons. The lowest BCUT2D eigenvalue weighted by molar-refractivity contribution is 0.550. The van der Waals surface area contributed by atoms with Crippen molar-refractivity contribution in [2.45, 2.75) is 110 Å². The highest BCUT2D eigenvalue weighted by atomic mass is 15.1. The molecule has 0 saturated carbocycles. The maximum Gasteiger partial charge on any atom is 0.133 e. The van der Waals surface area contributed by atoms with E-state index in [0.717, 1.165) is 67.8 Å². The van der Waals surface area contributed by atoms with E-state index in [1.165, 1.54) is 24.0 Å². The number of nitrogens with one attached hydrogen (secondary N) is 1. The standard InChI is InChI=1S/C28H41N5/c1-6-10-20(11-7-2)31-28-22-13-12-19(16-25(22)32-26(9-4)33-28)27-21(18(5)8-3)14-15-24(30)23(27)17-29/h14-15,18-20H,6-13,16,30H2,1-5H3,(H,31,32,33)/t18-,19?/m0/s1. The van der Waals surface area contributed by atoms with Crippen molar-refractivity contribution in [1.82, 2.24) is 9.97 Å². The summed E-state index contributed by atoms with van der Waals surface area (Å²) in [6.07, 6.45) is 9.26. The van der Waals surface area contributed by atoms with Gasteiger partial charge in [0.25, 0.3) is 0 Å². The second kappa shape index (κ2) is 11.5. The minimum absolute atomic E-state index is 0.259.